The molecule has 98 valence electrons. The van der Waals surface area contributed by atoms with Crippen molar-refractivity contribution >= 4 is 17.8 Å². The molecule has 2 atom stereocenters. The molecule has 0 aromatic rings. The fraction of sp³-hybridized carbons (Fsp3) is 0.917. The summed E-state index contributed by atoms with van der Waals surface area (Å²) in [5.74, 6) is 1.18. The van der Waals surface area contributed by atoms with Crippen molar-refractivity contribution in [1.29, 1.82) is 0 Å². The molecular weight excluding hydrogens is 234 g/mol. The van der Waals surface area contributed by atoms with E-state index >= 15 is 0 Å². The van der Waals surface area contributed by atoms with Crippen LogP contribution in [0, 0.1) is 0 Å². The Labute approximate surface area is 108 Å². The summed E-state index contributed by atoms with van der Waals surface area (Å²) in [6.45, 7) is 1.84. The zero-order valence-corrected chi connectivity index (χ0v) is 11.2. The van der Waals surface area contributed by atoms with Crippen molar-refractivity contribution in [2.45, 2.75) is 49.9 Å². The molecule has 2 heterocycles. The van der Waals surface area contributed by atoms with Crippen LogP contribution in [-0.4, -0.2) is 36.3 Å². The lowest BCUT2D eigenvalue weighted by atomic mass is 10.1. The molecule has 0 bridgehead atoms. The Morgan fingerprint density at radius 3 is 2.82 bits per heavy atom. The largest absolute Gasteiger partial charge is 0.337 e. The first-order valence-corrected chi connectivity index (χ1v) is 7.79. The van der Waals surface area contributed by atoms with E-state index in [4.69, 9.17) is 0 Å². The van der Waals surface area contributed by atoms with Gasteiger partial charge in [0.15, 0.2) is 0 Å². The number of nitrogens with one attached hydrogen (secondary N) is 3. The number of hydrogen-bond donors (Lipinski definition) is 3. The van der Waals surface area contributed by atoms with Crippen molar-refractivity contribution in [1.82, 2.24) is 16.0 Å². The molecule has 3 N–H and O–H groups in total. The Hall–Kier alpha value is -0.420. The number of hydrogen-bond acceptors (Lipinski definition) is 3. The Bertz CT molecular complexity index is 238. The molecule has 4 nitrogen and oxygen atoms in total. The van der Waals surface area contributed by atoms with Crippen molar-refractivity contribution in [3.8, 4) is 0 Å². The lowest BCUT2D eigenvalue weighted by Gasteiger charge is -2.25. The van der Waals surface area contributed by atoms with Crippen LogP contribution in [0.3, 0.4) is 0 Å². The first-order chi connectivity index (χ1) is 8.34. The van der Waals surface area contributed by atoms with Gasteiger partial charge in [0.2, 0.25) is 0 Å². The summed E-state index contributed by atoms with van der Waals surface area (Å²) >= 11 is 1.87. The van der Waals surface area contributed by atoms with Crippen molar-refractivity contribution in [2.75, 3.05) is 18.8 Å². The first kappa shape index (κ1) is 13.0. The Morgan fingerprint density at radius 2 is 2.12 bits per heavy atom. The first-order valence-electron chi connectivity index (χ1n) is 6.74. The summed E-state index contributed by atoms with van der Waals surface area (Å²) in [5.41, 5.74) is 0. The minimum Gasteiger partial charge on any atom is -0.337 e. The van der Waals surface area contributed by atoms with E-state index in [0.717, 1.165) is 19.5 Å². The minimum atomic E-state index is -0.00299. The van der Waals surface area contributed by atoms with Gasteiger partial charge in [-0.1, -0.05) is 6.42 Å². The molecule has 5 heteroatoms. The van der Waals surface area contributed by atoms with E-state index in [1.165, 1.54) is 37.9 Å². The van der Waals surface area contributed by atoms with Gasteiger partial charge >= 0.3 is 6.03 Å². The zero-order chi connectivity index (χ0) is 11.9. The predicted molar refractivity (Wildman–Crippen MR) is 72.3 cm³/mol. The molecule has 17 heavy (non-hydrogen) atoms. The molecule has 0 radical (unpaired) electrons. The Balaban J connectivity index is 1.59. The minimum absolute atomic E-state index is 0.00299. The summed E-state index contributed by atoms with van der Waals surface area (Å²) in [6.07, 6.45) is 7.36. The topological polar surface area (TPSA) is 53.2 Å². The predicted octanol–water partition coefficient (Wildman–Crippen LogP) is 1.67. The normalized spacial score (nSPS) is 29.6. The van der Waals surface area contributed by atoms with Crippen LogP contribution in [-0.2, 0) is 0 Å². The highest BCUT2D eigenvalue weighted by Crippen LogP contribution is 2.22. The fourth-order valence-corrected chi connectivity index (χ4v) is 3.54. The van der Waals surface area contributed by atoms with Gasteiger partial charge in [-0.2, -0.15) is 0 Å². The van der Waals surface area contributed by atoms with Gasteiger partial charge in [-0.05, 0) is 44.4 Å². The number of piperidine rings is 1. The molecule has 0 saturated carbocycles. The molecule has 0 aromatic carbocycles. The van der Waals surface area contributed by atoms with Gasteiger partial charge in [0.25, 0.3) is 0 Å². The van der Waals surface area contributed by atoms with E-state index < -0.39 is 0 Å². The molecule has 2 aliphatic rings. The van der Waals surface area contributed by atoms with Crippen molar-refractivity contribution in [2.24, 2.45) is 0 Å². The number of rotatable bonds is 3. The second kappa shape index (κ2) is 7.11. The molecular formula is C12H23N3OS. The quantitative estimate of drug-likeness (QED) is 0.721. The molecule has 2 saturated heterocycles. The van der Waals surface area contributed by atoms with Crippen LogP contribution in [0.25, 0.3) is 0 Å². The third-order valence-corrected chi connectivity index (χ3v) is 4.67. The van der Waals surface area contributed by atoms with Crippen LogP contribution in [0.15, 0.2) is 0 Å². The average Bonchev–Trinajstić information content (AvgIpc) is 2.39. The summed E-state index contributed by atoms with van der Waals surface area (Å²) in [7, 11) is 0. The molecule has 2 fully saturated rings. The lowest BCUT2D eigenvalue weighted by molar-refractivity contribution is 0.237. The number of carbonyl (C=O) groups excluding carboxylic acids is 1. The number of amides is 2. The van der Waals surface area contributed by atoms with Crippen molar-refractivity contribution < 1.29 is 4.79 Å². The van der Waals surface area contributed by atoms with E-state index in [1.807, 2.05) is 11.8 Å². The standard InChI is InChI=1S/C12H23N3OS/c16-12(15-11-6-2-4-8-17-11)14-9-10-5-1-3-7-13-10/h10-11,13H,1-9H2,(H2,14,15,16). The van der Waals surface area contributed by atoms with Gasteiger partial charge in [0.1, 0.15) is 0 Å². The monoisotopic (exact) mass is 257 g/mol. The van der Waals surface area contributed by atoms with Crippen LogP contribution >= 0.6 is 11.8 Å². The highest BCUT2D eigenvalue weighted by atomic mass is 32.2. The zero-order valence-electron chi connectivity index (χ0n) is 10.3. The maximum Gasteiger partial charge on any atom is 0.315 e. The third-order valence-electron chi connectivity index (χ3n) is 3.39. The van der Waals surface area contributed by atoms with Gasteiger partial charge in [-0.3, -0.25) is 0 Å². The molecule has 2 aliphatic heterocycles. The molecule has 0 spiro atoms. The van der Waals surface area contributed by atoms with Gasteiger partial charge < -0.3 is 16.0 Å². The third kappa shape index (κ3) is 4.76. The molecule has 2 unspecified atom stereocenters. The second-order valence-electron chi connectivity index (χ2n) is 4.86. The molecule has 2 rings (SSSR count). The molecule has 0 aromatic heterocycles. The van der Waals surface area contributed by atoms with Gasteiger partial charge in [-0.15, -0.1) is 11.8 Å². The Morgan fingerprint density at radius 1 is 1.24 bits per heavy atom. The van der Waals surface area contributed by atoms with E-state index in [0.29, 0.717) is 11.4 Å². The SMILES string of the molecule is O=C(NCC1CCCCN1)NC1CCCCS1. The maximum absolute atomic E-state index is 11.7. The van der Waals surface area contributed by atoms with E-state index in [2.05, 4.69) is 16.0 Å². The smallest absolute Gasteiger partial charge is 0.315 e. The number of thioether (sulfide) groups is 1. The Kier molecular flexibility index (Phi) is 5.45. The summed E-state index contributed by atoms with van der Waals surface area (Å²) < 4.78 is 0. The van der Waals surface area contributed by atoms with Crippen molar-refractivity contribution in [3.05, 3.63) is 0 Å². The van der Waals surface area contributed by atoms with E-state index in [-0.39, 0.29) is 6.03 Å². The molecule has 2 amide bonds. The van der Waals surface area contributed by atoms with E-state index in [1.54, 1.807) is 0 Å². The van der Waals surface area contributed by atoms with Crippen LogP contribution in [0.1, 0.15) is 38.5 Å². The van der Waals surface area contributed by atoms with Crippen LogP contribution < -0.4 is 16.0 Å². The van der Waals surface area contributed by atoms with Crippen LogP contribution in [0.5, 0.6) is 0 Å². The van der Waals surface area contributed by atoms with Crippen molar-refractivity contribution in [3.63, 3.8) is 0 Å². The molecule has 0 aliphatic carbocycles. The van der Waals surface area contributed by atoms with Crippen LogP contribution in [0.4, 0.5) is 4.79 Å². The van der Waals surface area contributed by atoms with E-state index in [9.17, 15) is 4.79 Å². The summed E-state index contributed by atoms with van der Waals surface area (Å²) in [6, 6.07) is 0.463. The maximum atomic E-state index is 11.7. The summed E-state index contributed by atoms with van der Waals surface area (Å²) in [5, 5.41) is 9.77. The average molecular weight is 257 g/mol. The van der Waals surface area contributed by atoms with Gasteiger partial charge in [-0.25, -0.2) is 4.79 Å². The lowest BCUT2D eigenvalue weighted by Crippen LogP contribution is -2.48. The highest BCUT2D eigenvalue weighted by Gasteiger charge is 2.17. The number of carbonyl (C=O) groups is 1. The highest BCUT2D eigenvalue weighted by molar-refractivity contribution is 7.99. The summed E-state index contributed by atoms with van der Waals surface area (Å²) in [4.78, 5) is 11.7. The fourth-order valence-electron chi connectivity index (χ4n) is 2.37. The van der Waals surface area contributed by atoms with Crippen LogP contribution in [0.2, 0.25) is 0 Å². The van der Waals surface area contributed by atoms with Gasteiger partial charge in [0.05, 0.1) is 5.37 Å². The second-order valence-corrected chi connectivity index (χ2v) is 6.17. The number of urea groups is 1. The van der Waals surface area contributed by atoms with Gasteiger partial charge in [0, 0.05) is 12.6 Å².